The van der Waals surface area contributed by atoms with E-state index in [1.54, 1.807) is 31.3 Å². The number of rotatable bonds is 5. The van der Waals surface area contributed by atoms with Gasteiger partial charge in [-0.25, -0.2) is 13.1 Å². The molecule has 21 heavy (non-hydrogen) atoms. The lowest BCUT2D eigenvalue weighted by Gasteiger charge is -2.17. The van der Waals surface area contributed by atoms with Crippen molar-refractivity contribution in [2.75, 3.05) is 18.5 Å². The molecule has 1 N–H and O–H groups in total. The zero-order valence-corrected chi connectivity index (χ0v) is 13.5. The lowest BCUT2D eigenvalue weighted by atomic mass is 10.3. The van der Waals surface area contributed by atoms with E-state index in [-0.39, 0.29) is 16.7 Å². The number of halogens is 1. The Bertz CT molecular complexity index is 729. The van der Waals surface area contributed by atoms with Crippen molar-refractivity contribution in [3.8, 4) is 0 Å². The van der Waals surface area contributed by atoms with Gasteiger partial charge in [0.05, 0.1) is 10.9 Å². The van der Waals surface area contributed by atoms with Crippen LogP contribution in [0.5, 0.6) is 0 Å². The molecule has 2 rings (SSSR count). The Morgan fingerprint density at radius 1 is 1.24 bits per heavy atom. The molecule has 0 radical (unpaired) electrons. The van der Waals surface area contributed by atoms with E-state index in [9.17, 15) is 13.2 Å². The fourth-order valence-corrected chi connectivity index (χ4v) is 4.09. The summed E-state index contributed by atoms with van der Waals surface area (Å²) in [6, 6.07) is 11.9. The highest BCUT2D eigenvalue weighted by atomic mass is 35.5. The molecule has 1 aromatic carbocycles. The lowest BCUT2D eigenvalue weighted by molar-refractivity contribution is -0.117. The van der Waals surface area contributed by atoms with E-state index in [0.29, 0.717) is 10.0 Å². The molecule has 0 fully saturated rings. The number of nitrogens with zero attached hydrogens (tertiary/aromatic N) is 1. The summed E-state index contributed by atoms with van der Waals surface area (Å²) in [5.41, 5.74) is 0.695. The molecular formula is C13H13ClN2O3S2. The monoisotopic (exact) mass is 344 g/mol. The summed E-state index contributed by atoms with van der Waals surface area (Å²) in [5, 5.41) is 0. The Morgan fingerprint density at radius 3 is 2.48 bits per heavy atom. The van der Waals surface area contributed by atoms with Gasteiger partial charge in [-0.3, -0.25) is 4.79 Å². The van der Waals surface area contributed by atoms with Gasteiger partial charge in [0.2, 0.25) is 5.91 Å². The molecule has 2 aromatic rings. The minimum absolute atomic E-state index is 0.0858. The minimum atomic E-state index is -3.71. The summed E-state index contributed by atoms with van der Waals surface area (Å²) in [4.78, 5) is 13.4. The van der Waals surface area contributed by atoms with Crippen molar-refractivity contribution in [2.45, 2.75) is 4.21 Å². The maximum atomic E-state index is 12.0. The maximum absolute atomic E-state index is 12.0. The first-order chi connectivity index (χ1) is 9.90. The van der Waals surface area contributed by atoms with Crippen molar-refractivity contribution in [1.82, 2.24) is 4.72 Å². The smallest absolute Gasteiger partial charge is 0.250 e. The van der Waals surface area contributed by atoms with Gasteiger partial charge >= 0.3 is 0 Å². The van der Waals surface area contributed by atoms with Crippen LogP contribution in [-0.2, 0) is 14.8 Å². The number of likely N-dealkylation sites (N-methyl/N-ethyl adjacent to an activating group) is 1. The summed E-state index contributed by atoms with van der Waals surface area (Å²) in [5.74, 6) is -0.354. The number of carbonyl (C=O) groups excluding carboxylic acids is 1. The largest absolute Gasteiger partial charge is 0.314 e. The van der Waals surface area contributed by atoms with Crippen LogP contribution in [0.2, 0.25) is 4.34 Å². The van der Waals surface area contributed by atoms with E-state index in [1.165, 1.54) is 17.0 Å². The molecule has 0 bridgehead atoms. The quantitative estimate of drug-likeness (QED) is 0.905. The van der Waals surface area contributed by atoms with Crippen molar-refractivity contribution in [3.63, 3.8) is 0 Å². The van der Waals surface area contributed by atoms with Crippen LogP contribution in [0.4, 0.5) is 5.69 Å². The highest BCUT2D eigenvalue weighted by molar-refractivity contribution is 7.91. The van der Waals surface area contributed by atoms with Gasteiger partial charge in [-0.1, -0.05) is 29.8 Å². The first kappa shape index (κ1) is 16.0. The molecule has 0 atom stereocenters. The lowest BCUT2D eigenvalue weighted by Crippen LogP contribution is -2.37. The molecule has 5 nitrogen and oxygen atoms in total. The normalized spacial score (nSPS) is 11.3. The molecule has 0 unspecified atom stereocenters. The van der Waals surface area contributed by atoms with Crippen LogP contribution in [0, 0.1) is 0 Å². The van der Waals surface area contributed by atoms with Gasteiger partial charge in [0, 0.05) is 12.7 Å². The predicted octanol–water partition coefficient (Wildman–Crippen LogP) is 2.34. The van der Waals surface area contributed by atoms with Crippen LogP contribution in [-0.4, -0.2) is 27.9 Å². The van der Waals surface area contributed by atoms with Crippen molar-refractivity contribution >= 4 is 44.6 Å². The summed E-state index contributed by atoms with van der Waals surface area (Å²) in [7, 11) is -2.12. The van der Waals surface area contributed by atoms with Crippen LogP contribution >= 0.6 is 22.9 Å². The highest BCUT2D eigenvalue weighted by Crippen LogP contribution is 2.25. The number of hydrogen-bond acceptors (Lipinski definition) is 4. The van der Waals surface area contributed by atoms with E-state index in [0.717, 1.165) is 11.3 Å². The number of benzene rings is 1. The van der Waals surface area contributed by atoms with Crippen molar-refractivity contribution in [3.05, 3.63) is 46.8 Å². The molecule has 0 spiro atoms. The average Bonchev–Trinajstić information content (AvgIpc) is 2.92. The molecule has 1 aromatic heterocycles. The standard InChI is InChI=1S/C13H13ClN2O3S2/c1-16(10-5-3-2-4-6-10)12(17)9-15-21(18,19)13-8-7-11(14)20-13/h2-8,15H,9H2,1H3. The van der Waals surface area contributed by atoms with Crippen molar-refractivity contribution in [2.24, 2.45) is 0 Å². The first-order valence-corrected chi connectivity index (χ1v) is 8.64. The van der Waals surface area contributed by atoms with Crippen LogP contribution < -0.4 is 9.62 Å². The highest BCUT2D eigenvalue weighted by Gasteiger charge is 2.19. The van der Waals surface area contributed by atoms with Gasteiger partial charge in [0.15, 0.2) is 0 Å². The SMILES string of the molecule is CN(C(=O)CNS(=O)(=O)c1ccc(Cl)s1)c1ccccc1. The second-order valence-electron chi connectivity index (χ2n) is 4.17. The molecule has 0 aliphatic heterocycles. The summed E-state index contributed by atoms with van der Waals surface area (Å²) in [6.07, 6.45) is 0. The molecular weight excluding hydrogens is 332 g/mol. The number of nitrogens with one attached hydrogen (secondary N) is 1. The molecule has 1 amide bonds. The summed E-state index contributed by atoms with van der Waals surface area (Å²) in [6.45, 7) is -0.316. The van der Waals surface area contributed by atoms with E-state index in [1.807, 2.05) is 6.07 Å². The number of para-hydroxylation sites is 1. The summed E-state index contributed by atoms with van der Waals surface area (Å²) >= 11 is 6.65. The Morgan fingerprint density at radius 2 is 1.90 bits per heavy atom. The fourth-order valence-electron chi connectivity index (χ4n) is 1.58. The zero-order valence-electron chi connectivity index (χ0n) is 11.1. The number of anilines is 1. The van der Waals surface area contributed by atoms with Gasteiger partial charge in [-0.2, -0.15) is 0 Å². The van der Waals surface area contributed by atoms with Crippen LogP contribution in [0.15, 0.2) is 46.7 Å². The first-order valence-electron chi connectivity index (χ1n) is 5.97. The molecule has 1 heterocycles. The molecule has 112 valence electrons. The van der Waals surface area contributed by atoms with Crippen LogP contribution in [0.3, 0.4) is 0 Å². The molecule has 0 saturated heterocycles. The third-order valence-electron chi connectivity index (χ3n) is 2.74. The Hall–Kier alpha value is -1.41. The number of sulfonamides is 1. The predicted molar refractivity (Wildman–Crippen MR) is 84.4 cm³/mol. The second kappa shape index (κ2) is 6.57. The number of amides is 1. The number of hydrogen-bond donors (Lipinski definition) is 1. The van der Waals surface area contributed by atoms with E-state index in [2.05, 4.69) is 4.72 Å². The molecule has 0 aliphatic carbocycles. The number of thiophene rings is 1. The third-order valence-corrected chi connectivity index (χ3v) is 5.87. The van der Waals surface area contributed by atoms with Gasteiger partial charge in [-0.15, -0.1) is 11.3 Å². The van der Waals surface area contributed by atoms with Crippen LogP contribution in [0.25, 0.3) is 0 Å². The van der Waals surface area contributed by atoms with E-state index in [4.69, 9.17) is 11.6 Å². The molecule has 0 saturated carbocycles. The Kier molecular flexibility index (Phi) is 5.00. The van der Waals surface area contributed by atoms with Gasteiger partial charge < -0.3 is 4.90 Å². The van der Waals surface area contributed by atoms with Crippen molar-refractivity contribution < 1.29 is 13.2 Å². The molecule has 8 heteroatoms. The minimum Gasteiger partial charge on any atom is -0.314 e. The third kappa shape index (κ3) is 4.04. The Balaban J connectivity index is 2.01. The van der Waals surface area contributed by atoms with Gasteiger partial charge in [0.25, 0.3) is 10.0 Å². The molecule has 0 aliphatic rings. The Labute approximate surface area is 132 Å². The number of carbonyl (C=O) groups is 1. The van der Waals surface area contributed by atoms with Gasteiger partial charge in [0.1, 0.15) is 4.21 Å². The maximum Gasteiger partial charge on any atom is 0.250 e. The van der Waals surface area contributed by atoms with Crippen LogP contribution in [0.1, 0.15) is 0 Å². The van der Waals surface area contributed by atoms with E-state index >= 15 is 0 Å². The zero-order chi connectivity index (χ0) is 15.5. The van der Waals surface area contributed by atoms with E-state index < -0.39 is 10.0 Å². The average molecular weight is 345 g/mol. The fraction of sp³-hybridized carbons (Fsp3) is 0.154. The topological polar surface area (TPSA) is 66.5 Å². The second-order valence-corrected chi connectivity index (χ2v) is 7.88. The van der Waals surface area contributed by atoms with Crippen molar-refractivity contribution in [1.29, 1.82) is 0 Å². The summed E-state index contributed by atoms with van der Waals surface area (Å²) < 4.78 is 26.7. The van der Waals surface area contributed by atoms with Gasteiger partial charge in [-0.05, 0) is 24.3 Å².